The Morgan fingerprint density at radius 1 is 1.64 bits per heavy atom. The van der Waals surface area contributed by atoms with E-state index in [1.807, 2.05) is 0 Å². The van der Waals surface area contributed by atoms with Crippen molar-refractivity contribution in [2.24, 2.45) is 0 Å². The zero-order chi connectivity index (χ0) is 10.7. The van der Waals surface area contributed by atoms with Crippen molar-refractivity contribution in [1.29, 1.82) is 0 Å². The molecule has 6 heteroatoms. The standard InChI is InChI=1S/C8H10N4O2/c1-3-6(12(13)14)7-5(2)10-4-11-8(7)9/h3-4H,1-2H3,(H2,9,10,11)/b6-3+. The van der Waals surface area contributed by atoms with Crippen molar-refractivity contribution in [1.82, 2.24) is 9.97 Å². The fourth-order valence-electron chi connectivity index (χ4n) is 1.15. The molecule has 0 aliphatic rings. The lowest BCUT2D eigenvalue weighted by atomic mass is 10.1. The number of nitrogens with two attached hydrogens (primary N) is 1. The Hall–Kier alpha value is -1.98. The molecule has 0 bridgehead atoms. The van der Waals surface area contributed by atoms with E-state index in [2.05, 4.69) is 9.97 Å². The number of nitrogen functional groups attached to an aromatic ring is 1. The molecule has 0 unspecified atom stereocenters. The lowest BCUT2D eigenvalue weighted by Crippen LogP contribution is -2.06. The second kappa shape index (κ2) is 3.82. The van der Waals surface area contributed by atoms with Crippen LogP contribution in [0.4, 0.5) is 5.82 Å². The minimum absolute atomic E-state index is 0.0689. The Kier molecular flexibility index (Phi) is 2.76. The fraction of sp³-hybridized carbons (Fsp3) is 0.250. The van der Waals surface area contributed by atoms with E-state index in [0.29, 0.717) is 11.3 Å². The van der Waals surface area contributed by atoms with Crippen molar-refractivity contribution < 1.29 is 4.92 Å². The highest BCUT2D eigenvalue weighted by molar-refractivity contribution is 5.68. The van der Waals surface area contributed by atoms with Gasteiger partial charge < -0.3 is 5.73 Å². The Labute approximate surface area is 80.6 Å². The first-order valence-electron chi connectivity index (χ1n) is 3.96. The number of nitro groups is 1. The van der Waals surface area contributed by atoms with Gasteiger partial charge >= 0.3 is 0 Å². The first kappa shape index (κ1) is 10.1. The highest BCUT2D eigenvalue weighted by Crippen LogP contribution is 2.21. The highest BCUT2D eigenvalue weighted by Gasteiger charge is 2.19. The molecular weight excluding hydrogens is 184 g/mol. The maximum atomic E-state index is 10.7. The summed E-state index contributed by atoms with van der Waals surface area (Å²) in [5, 5.41) is 10.7. The molecule has 1 aromatic rings. The van der Waals surface area contributed by atoms with E-state index in [-0.39, 0.29) is 11.5 Å². The predicted molar refractivity (Wildman–Crippen MR) is 51.8 cm³/mol. The second-order valence-corrected chi connectivity index (χ2v) is 2.65. The number of hydrogen-bond acceptors (Lipinski definition) is 5. The molecule has 0 saturated carbocycles. The molecule has 6 nitrogen and oxygen atoms in total. The van der Waals surface area contributed by atoms with Crippen molar-refractivity contribution in [3.05, 3.63) is 33.8 Å². The van der Waals surface area contributed by atoms with Gasteiger partial charge in [0.25, 0.3) is 5.70 Å². The van der Waals surface area contributed by atoms with Crippen LogP contribution in [0.1, 0.15) is 18.2 Å². The van der Waals surface area contributed by atoms with Crippen LogP contribution < -0.4 is 5.73 Å². The molecule has 1 heterocycles. The first-order valence-corrected chi connectivity index (χ1v) is 3.96. The van der Waals surface area contributed by atoms with E-state index in [1.54, 1.807) is 13.8 Å². The molecule has 1 rings (SSSR count). The number of anilines is 1. The third kappa shape index (κ3) is 1.68. The fourth-order valence-corrected chi connectivity index (χ4v) is 1.15. The first-order chi connectivity index (χ1) is 6.57. The molecule has 0 atom stereocenters. The van der Waals surface area contributed by atoms with E-state index >= 15 is 0 Å². The van der Waals surface area contributed by atoms with Crippen LogP contribution in [0.2, 0.25) is 0 Å². The van der Waals surface area contributed by atoms with Crippen molar-refractivity contribution >= 4 is 11.5 Å². The van der Waals surface area contributed by atoms with Gasteiger partial charge in [-0.3, -0.25) is 10.1 Å². The van der Waals surface area contributed by atoms with Crippen LogP contribution in [0.3, 0.4) is 0 Å². The van der Waals surface area contributed by atoms with Gasteiger partial charge in [0.15, 0.2) is 0 Å². The molecule has 0 aliphatic carbocycles. The number of rotatable bonds is 2. The summed E-state index contributed by atoms with van der Waals surface area (Å²) in [6.07, 6.45) is 2.66. The number of allylic oxidation sites excluding steroid dienone is 1. The van der Waals surface area contributed by atoms with Crippen molar-refractivity contribution in [2.75, 3.05) is 5.73 Å². The highest BCUT2D eigenvalue weighted by atomic mass is 16.6. The summed E-state index contributed by atoms with van der Waals surface area (Å²) in [4.78, 5) is 17.7. The molecular formula is C8H10N4O2. The third-order valence-corrected chi connectivity index (χ3v) is 1.79. The summed E-state index contributed by atoms with van der Waals surface area (Å²) in [5.74, 6) is 0.127. The van der Waals surface area contributed by atoms with Gasteiger partial charge in [0.2, 0.25) is 0 Å². The van der Waals surface area contributed by atoms with Crippen molar-refractivity contribution in [3.63, 3.8) is 0 Å². The van der Waals surface area contributed by atoms with Gasteiger partial charge in [0.05, 0.1) is 10.6 Å². The molecule has 0 fully saturated rings. The number of aryl methyl sites for hydroxylation is 1. The Morgan fingerprint density at radius 3 is 2.71 bits per heavy atom. The largest absolute Gasteiger partial charge is 0.383 e. The van der Waals surface area contributed by atoms with Gasteiger partial charge in [-0.15, -0.1) is 0 Å². The maximum absolute atomic E-state index is 10.7. The molecule has 74 valence electrons. The summed E-state index contributed by atoms with van der Waals surface area (Å²) < 4.78 is 0. The van der Waals surface area contributed by atoms with Crippen LogP contribution in [-0.4, -0.2) is 14.9 Å². The minimum atomic E-state index is -0.498. The molecule has 0 spiro atoms. The summed E-state index contributed by atoms with van der Waals surface area (Å²) >= 11 is 0. The average Bonchev–Trinajstić information content (AvgIpc) is 2.10. The SMILES string of the molecule is C/C=C(\c1c(C)ncnc1N)[N+](=O)[O-]. The number of aromatic nitrogens is 2. The van der Waals surface area contributed by atoms with Crippen LogP contribution in [0.15, 0.2) is 12.4 Å². The number of hydrogen-bond donors (Lipinski definition) is 1. The Bertz CT molecular complexity index is 380. The Morgan fingerprint density at radius 2 is 2.29 bits per heavy atom. The summed E-state index contributed by atoms with van der Waals surface area (Å²) in [7, 11) is 0. The summed E-state index contributed by atoms with van der Waals surface area (Å²) in [6.45, 7) is 3.23. The lowest BCUT2D eigenvalue weighted by molar-refractivity contribution is -0.375. The van der Waals surface area contributed by atoms with Crippen LogP contribution >= 0.6 is 0 Å². The van der Waals surface area contributed by atoms with Crippen LogP contribution in [0.25, 0.3) is 5.70 Å². The minimum Gasteiger partial charge on any atom is -0.383 e. The zero-order valence-electron chi connectivity index (χ0n) is 7.89. The molecule has 2 N–H and O–H groups in total. The molecule has 0 aromatic carbocycles. The lowest BCUT2D eigenvalue weighted by Gasteiger charge is -2.03. The summed E-state index contributed by atoms with van der Waals surface area (Å²) in [5.41, 5.74) is 6.26. The topological polar surface area (TPSA) is 94.9 Å². The van der Waals surface area contributed by atoms with E-state index in [0.717, 1.165) is 0 Å². The van der Waals surface area contributed by atoms with Crippen LogP contribution in [-0.2, 0) is 0 Å². The second-order valence-electron chi connectivity index (χ2n) is 2.65. The van der Waals surface area contributed by atoms with Gasteiger partial charge in [-0.1, -0.05) is 0 Å². The van der Waals surface area contributed by atoms with Gasteiger partial charge in [-0.05, 0) is 19.9 Å². The molecule has 0 aliphatic heterocycles. The van der Waals surface area contributed by atoms with E-state index in [9.17, 15) is 10.1 Å². The molecule has 14 heavy (non-hydrogen) atoms. The third-order valence-electron chi connectivity index (χ3n) is 1.79. The van der Waals surface area contributed by atoms with Gasteiger partial charge in [-0.25, -0.2) is 9.97 Å². The molecule has 0 amide bonds. The normalized spacial score (nSPS) is 11.4. The van der Waals surface area contributed by atoms with E-state index < -0.39 is 4.92 Å². The van der Waals surface area contributed by atoms with Gasteiger partial charge in [-0.2, -0.15) is 0 Å². The summed E-state index contributed by atoms with van der Waals surface area (Å²) in [6, 6.07) is 0. The van der Waals surface area contributed by atoms with Crippen molar-refractivity contribution in [2.45, 2.75) is 13.8 Å². The smallest absolute Gasteiger partial charge is 0.277 e. The predicted octanol–water partition coefficient (Wildman–Crippen LogP) is 1.00. The van der Waals surface area contributed by atoms with Crippen LogP contribution in [0, 0.1) is 17.0 Å². The molecule has 0 saturated heterocycles. The van der Waals surface area contributed by atoms with Gasteiger partial charge in [0.1, 0.15) is 17.7 Å². The van der Waals surface area contributed by atoms with Crippen LogP contribution in [0.5, 0.6) is 0 Å². The number of nitrogens with zero attached hydrogens (tertiary/aromatic N) is 3. The van der Waals surface area contributed by atoms with Crippen molar-refractivity contribution in [3.8, 4) is 0 Å². The average molecular weight is 194 g/mol. The van der Waals surface area contributed by atoms with E-state index in [4.69, 9.17) is 5.73 Å². The monoisotopic (exact) mass is 194 g/mol. The molecule has 1 aromatic heterocycles. The van der Waals surface area contributed by atoms with Gasteiger partial charge in [0, 0.05) is 0 Å². The van der Waals surface area contributed by atoms with E-state index in [1.165, 1.54) is 12.4 Å². The zero-order valence-corrected chi connectivity index (χ0v) is 7.89. The Balaban J connectivity index is 3.37. The molecule has 0 radical (unpaired) electrons. The maximum Gasteiger partial charge on any atom is 0.277 e. The quantitative estimate of drug-likeness (QED) is 0.559.